The van der Waals surface area contributed by atoms with Crippen molar-refractivity contribution in [1.82, 2.24) is 9.62 Å². The van der Waals surface area contributed by atoms with Crippen LogP contribution in [0.4, 0.5) is 0 Å². The van der Waals surface area contributed by atoms with E-state index < -0.39 is 22.0 Å². The second kappa shape index (κ2) is 9.02. The zero-order chi connectivity index (χ0) is 23.0. The summed E-state index contributed by atoms with van der Waals surface area (Å²) in [6.07, 6.45) is 5.77. The highest BCUT2D eigenvalue weighted by Crippen LogP contribution is 2.49. The van der Waals surface area contributed by atoms with Crippen LogP contribution in [0, 0.1) is 17.8 Å². The van der Waals surface area contributed by atoms with E-state index in [0.29, 0.717) is 24.9 Å². The van der Waals surface area contributed by atoms with Gasteiger partial charge in [0.1, 0.15) is 5.75 Å². The number of nitrogens with two attached hydrogens (primary N) is 1. The van der Waals surface area contributed by atoms with Crippen molar-refractivity contribution in [2.24, 2.45) is 23.5 Å². The molecule has 0 spiro atoms. The van der Waals surface area contributed by atoms with Crippen molar-refractivity contribution in [1.29, 1.82) is 0 Å². The third-order valence-corrected chi connectivity index (χ3v) is 9.29. The molecule has 176 valence electrons. The molecule has 1 aliphatic heterocycles. The second-order valence-electron chi connectivity index (χ2n) is 9.53. The van der Waals surface area contributed by atoms with Crippen LogP contribution in [0.2, 0.25) is 0 Å². The largest absolute Gasteiger partial charge is 0.480 e. The Balaban J connectivity index is 1.44. The minimum atomic E-state index is -3.70. The fourth-order valence-electron chi connectivity index (χ4n) is 5.64. The van der Waals surface area contributed by atoms with Crippen LogP contribution in [0.15, 0.2) is 23.1 Å². The number of hydrogen-bond acceptors (Lipinski definition) is 5. The third kappa shape index (κ3) is 4.50. The van der Waals surface area contributed by atoms with Crippen molar-refractivity contribution in [3.05, 3.63) is 23.8 Å². The van der Waals surface area contributed by atoms with Crippen LogP contribution < -0.4 is 15.8 Å². The van der Waals surface area contributed by atoms with Gasteiger partial charge in [-0.25, -0.2) is 8.42 Å². The molecule has 0 radical (unpaired) electrons. The first-order valence-electron chi connectivity index (χ1n) is 11.6. The SMILES string of the molecule is C[C@@H](Oc1ccc(S(=O)(=O)N2CCCC2)cc1C(N)=O)C(=O)N[C@H](C)[C@@H]1C[C@@H]2CC[C@@H]1C2. The number of ether oxygens (including phenoxy) is 1. The van der Waals surface area contributed by atoms with Crippen molar-refractivity contribution in [2.45, 2.75) is 69.4 Å². The van der Waals surface area contributed by atoms with E-state index in [4.69, 9.17) is 10.5 Å². The van der Waals surface area contributed by atoms with E-state index in [9.17, 15) is 18.0 Å². The van der Waals surface area contributed by atoms with Gasteiger partial charge in [-0.1, -0.05) is 6.42 Å². The van der Waals surface area contributed by atoms with Crippen molar-refractivity contribution < 1.29 is 22.7 Å². The highest BCUT2D eigenvalue weighted by Gasteiger charge is 2.42. The maximum atomic E-state index is 12.8. The Morgan fingerprint density at radius 3 is 2.47 bits per heavy atom. The lowest BCUT2D eigenvalue weighted by atomic mass is 9.84. The molecule has 2 bridgehead atoms. The van der Waals surface area contributed by atoms with Crippen molar-refractivity contribution in [3.63, 3.8) is 0 Å². The Hall–Kier alpha value is -2.13. The molecule has 3 aliphatic rings. The Bertz CT molecular complexity index is 989. The summed E-state index contributed by atoms with van der Waals surface area (Å²) >= 11 is 0. The predicted octanol–water partition coefficient (Wildman–Crippen LogP) is 2.28. The number of carbonyl (C=O) groups is 2. The van der Waals surface area contributed by atoms with Crippen molar-refractivity contribution in [2.75, 3.05) is 13.1 Å². The number of rotatable bonds is 8. The van der Waals surface area contributed by atoms with Gasteiger partial charge >= 0.3 is 0 Å². The maximum absolute atomic E-state index is 12.8. The molecule has 4 rings (SSSR count). The summed E-state index contributed by atoms with van der Waals surface area (Å²) in [4.78, 5) is 24.8. The lowest BCUT2D eigenvalue weighted by Gasteiger charge is -2.29. The Kier molecular flexibility index (Phi) is 6.49. The maximum Gasteiger partial charge on any atom is 0.260 e. The summed E-state index contributed by atoms with van der Waals surface area (Å²) in [5, 5.41) is 3.07. The number of benzene rings is 1. The molecule has 0 unspecified atom stereocenters. The molecular formula is C23H33N3O5S. The molecule has 2 amide bonds. The number of sulfonamides is 1. The molecule has 8 nitrogen and oxygen atoms in total. The number of primary amides is 1. The molecule has 1 aromatic rings. The minimum absolute atomic E-state index is 0.00237. The number of carbonyl (C=O) groups excluding carboxylic acids is 2. The summed E-state index contributed by atoms with van der Waals surface area (Å²) in [6, 6.07) is 4.12. The van der Waals surface area contributed by atoms with Crippen LogP contribution in [-0.2, 0) is 14.8 Å². The molecule has 9 heteroatoms. The second-order valence-corrected chi connectivity index (χ2v) is 11.5. The third-order valence-electron chi connectivity index (χ3n) is 7.40. The van der Waals surface area contributed by atoms with Gasteiger partial charge in [0.25, 0.3) is 11.8 Å². The highest BCUT2D eigenvalue weighted by molar-refractivity contribution is 7.89. The van der Waals surface area contributed by atoms with Crippen LogP contribution in [0.25, 0.3) is 0 Å². The lowest BCUT2D eigenvalue weighted by molar-refractivity contribution is -0.128. The fraction of sp³-hybridized carbons (Fsp3) is 0.652. The van der Waals surface area contributed by atoms with Gasteiger partial charge in [0.2, 0.25) is 10.0 Å². The minimum Gasteiger partial charge on any atom is -0.480 e. The van der Waals surface area contributed by atoms with Crippen molar-refractivity contribution >= 4 is 21.8 Å². The van der Waals surface area contributed by atoms with E-state index in [1.54, 1.807) is 6.92 Å². The average Bonchev–Trinajstić information content (AvgIpc) is 3.51. The van der Waals surface area contributed by atoms with Gasteiger partial charge < -0.3 is 15.8 Å². The molecule has 32 heavy (non-hydrogen) atoms. The first-order valence-corrected chi connectivity index (χ1v) is 13.0. The average molecular weight is 464 g/mol. The van der Waals surface area contributed by atoms with Crippen LogP contribution >= 0.6 is 0 Å². The number of fused-ring (bicyclic) bond motifs is 2. The molecule has 2 aliphatic carbocycles. The van der Waals surface area contributed by atoms with Crippen LogP contribution in [0.3, 0.4) is 0 Å². The van der Waals surface area contributed by atoms with E-state index in [2.05, 4.69) is 5.32 Å². The van der Waals surface area contributed by atoms with E-state index in [-0.39, 0.29) is 28.2 Å². The fourth-order valence-corrected chi connectivity index (χ4v) is 7.19. The van der Waals surface area contributed by atoms with Gasteiger partial charge in [-0.05, 0) is 81.9 Å². The van der Waals surface area contributed by atoms with Crippen LogP contribution in [0.1, 0.15) is 62.7 Å². The van der Waals surface area contributed by atoms with Crippen LogP contribution in [0.5, 0.6) is 5.75 Å². The zero-order valence-corrected chi connectivity index (χ0v) is 19.6. The van der Waals surface area contributed by atoms with Gasteiger partial charge in [0.15, 0.2) is 6.10 Å². The Morgan fingerprint density at radius 2 is 1.88 bits per heavy atom. The van der Waals surface area contributed by atoms with E-state index in [0.717, 1.165) is 18.8 Å². The normalized spacial score (nSPS) is 27.2. The van der Waals surface area contributed by atoms with Crippen LogP contribution in [-0.4, -0.2) is 49.8 Å². The summed E-state index contributed by atoms with van der Waals surface area (Å²) in [6.45, 7) is 4.58. The summed E-state index contributed by atoms with van der Waals surface area (Å²) in [7, 11) is -3.70. The van der Waals surface area contributed by atoms with E-state index in [1.807, 2.05) is 6.92 Å². The van der Waals surface area contributed by atoms with E-state index >= 15 is 0 Å². The molecule has 1 saturated heterocycles. The summed E-state index contributed by atoms with van der Waals surface area (Å²) in [5.41, 5.74) is 5.45. The first-order chi connectivity index (χ1) is 15.2. The number of nitrogens with one attached hydrogen (secondary N) is 1. The Labute approximate surface area is 189 Å². The van der Waals surface area contributed by atoms with Gasteiger partial charge in [-0.15, -0.1) is 0 Å². The summed E-state index contributed by atoms with van der Waals surface area (Å²) in [5.74, 6) is 1.03. The monoisotopic (exact) mass is 463 g/mol. The summed E-state index contributed by atoms with van der Waals surface area (Å²) < 4.78 is 32.8. The Morgan fingerprint density at radius 1 is 1.16 bits per heavy atom. The molecule has 3 N–H and O–H groups in total. The zero-order valence-electron chi connectivity index (χ0n) is 18.7. The smallest absolute Gasteiger partial charge is 0.260 e. The number of nitrogens with zero attached hydrogens (tertiary/aromatic N) is 1. The standard InChI is InChI=1S/C23H33N3O5S/c1-14(19-12-16-5-6-17(19)11-16)25-23(28)15(2)31-21-8-7-18(13-20(21)22(24)27)32(29,30)26-9-3-4-10-26/h7-8,13-17,19H,3-6,9-12H2,1-2H3,(H2,24,27)(H,25,28)/t14-,15-,16-,17-,19+/m1/s1. The van der Waals surface area contributed by atoms with Crippen molar-refractivity contribution in [3.8, 4) is 5.75 Å². The van der Waals surface area contributed by atoms with Gasteiger partial charge in [-0.2, -0.15) is 4.31 Å². The molecule has 5 atom stereocenters. The van der Waals surface area contributed by atoms with Gasteiger partial charge in [0, 0.05) is 19.1 Å². The molecule has 0 aromatic heterocycles. The van der Waals surface area contributed by atoms with Gasteiger partial charge in [0.05, 0.1) is 10.5 Å². The quantitative estimate of drug-likeness (QED) is 0.613. The first kappa shape index (κ1) is 23.0. The number of amides is 2. The molecule has 3 fully saturated rings. The number of hydrogen-bond donors (Lipinski definition) is 2. The van der Waals surface area contributed by atoms with E-state index in [1.165, 1.54) is 48.2 Å². The molecular weight excluding hydrogens is 430 g/mol. The predicted molar refractivity (Wildman–Crippen MR) is 120 cm³/mol. The molecule has 1 aromatic carbocycles. The molecule has 1 heterocycles. The van der Waals surface area contributed by atoms with Gasteiger partial charge in [-0.3, -0.25) is 9.59 Å². The molecule has 2 saturated carbocycles. The highest BCUT2D eigenvalue weighted by atomic mass is 32.2. The lowest BCUT2D eigenvalue weighted by Crippen LogP contribution is -2.45. The topological polar surface area (TPSA) is 119 Å².